The second-order valence-electron chi connectivity index (χ2n) is 6.96. The number of nitrogens with one attached hydrogen (secondary N) is 1. The molecular weight excluding hydrogens is 345 g/mol. The maximum atomic E-state index is 6.25. The van der Waals surface area contributed by atoms with E-state index in [0.29, 0.717) is 15.5 Å². The van der Waals surface area contributed by atoms with Gasteiger partial charge in [-0.2, -0.15) is 0 Å². The maximum Gasteiger partial charge on any atom is 0.0971 e. The third kappa shape index (κ3) is 3.31. The largest absolute Gasteiger partial charge is 0.317 e. The smallest absolute Gasteiger partial charge is 0.0971 e. The molecule has 1 aromatic heterocycles. The minimum atomic E-state index is 0.515. The number of benzene rings is 1. The van der Waals surface area contributed by atoms with Gasteiger partial charge in [0.15, 0.2) is 0 Å². The van der Waals surface area contributed by atoms with Crippen LogP contribution in [0.15, 0.2) is 24.4 Å². The molecule has 5 nitrogen and oxygen atoms in total. The average Bonchev–Trinajstić information content (AvgIpc) is 3.16. The Kier molecular flexibility index (Phi) is 4.52. The lowest BCUT2D eigenvalue weighted by atomic mass is 9.78. The van der Waals surface area contributed by atoms with Crippen LogP contribution in [0.3, 0.4) is 0 Å². The lowest BCUT2D eigenvalue weighted by Gasteiger charge is -2.33. The Morgan fingerprint density at radius 3 is 2.79 bits per heavy atom. The fraction of sp³-hybridized carbons (Fsp3) is 0.529. The molecule has 1 aromatic carbocycles. The van der Waals surface area contributed by atoms with E-state index in [1.807, 2.05) is 18.3 Å². The van der Waals surface area contributed by atoms with E-state index >= 15 is 0 Å². The van der Waals surface area contributed by atoms with E-state index in [0.717, 1.165) is 37.6 Å². The first kappa shape index (κ1) is 16.3. The molecule has 1 N–H and O–H groups in total. The van der Waals surface area contributed by atoms with E-state index in [2.05, 4.69) is 20.5 Å². The predicted octanol–water partition coefficient (Wildman–Crippen LogP) is 3.15. The summed E-state index contributed by atoms with van der Waals surface area (Å²) in [5.41, 5.74) is 2.30. The van der Waals surface area contributed by atoms with Crippen molar-refractivity contribution in [1.29, 1.82) is 0 Å². The minimum absolute atomic E-state index is 0.515. The molecule has 128 valence electrons. The highest BCUT2D eigenvalue weighted by Gasteiger charge is 2.38. The standard InChI is InChI=1S/C17H21Cl2N5/c18-13-1-2-16(15(19)9-13)24-11-14(21-22-24)10-23-8-5-17(12-23)3-6-20-7-4-17/h1-2,9,11,20H,3-8,10,12H2. The van der Waals surface area contributed by atoms with E-state index in [4.69, 9.17) is 23.2 Å². The van der Waals surface area contributed by atoms with E-state index in [1.165, 1.54) is 25.8 Å². The summed E-state index contributed by atoms with van der Waals surface area (Å²) in [5, 5.41) is 13.2. The first-order valence-corrected chi connectivity index (χ1v) is 9.19. The molecule has 0 radical (unpaired) electrons. The zero-order valence-electron chi connectivity index (χ0n) is 13.5. The van der Waals surface area contributed by atoms with Crippen molar-refractivity contribution >= 4 is 23.2 Å². The molecule has 0 saturated carbocycles. The lowest BCUT2D eigenvalue weighted by molar-refractivity contribution is 0.193. The molecule has 7 heteroatoms. The summed E-state index contributed by atoms with van der Waals surface area (Å²) in [4.78, 5) is 2.50. The Morgan fingerprint density at radius 1 is 1.17 bits per heavy atom. The SMILES string of the molecule is Clc1ccc(-n2cc(CN3CCC4(CCNCC4)C3)nn2)c(Cl)c1. The molecule has 0 unspecified atom stereocenters. The molecule has 4 rings (SSSR count). The summed E-state index contributed by atoms with van der Waals surface area (Å²) in [6, 6.07) is 5.40. The molecule has 2 saturated heterocycles. The van der Waals surface area contributed by atoms with Crippen molar-refractivity contribution in [3.05, 3.63) is 40.1 Å². The third-order valence-electron chi connectivity index (χ3n) is 5.26. The molecule has 2 fully saturated rings. The summed E-state index contributed by atoms with van der Waals surface area (Å²) in [5.74, 6) is 0. The van der Waals surface area contributed by atoms with Crippen LogP contribution in [0.25, 0.3) is 5.69 Å². The molecule has 3 heterocycles. The molecule has 24 heavy (non-hydrogen) atoms. The van der Waals surface area contributed by atoms with Crippen LogP contribution in [0, 0.1) is 5.41 Å². The second kappa shape index (κ2) is 6.64. The van der Waals surface area contributed by atoms with Gasteiger partial charge >= 0.3 is 0 Å². The highest BCUT2D eigenvalue weighted by atomic mass is 35.5. The summed E-state index contributed by atoms with van der Waals surface area (Å²) in [6.07, 6.45) is 5.83. The van der Waals surface area contributed by atoms with Crippen LogP contribution < -0.4 is 5.32 Å². The maximum absolute atomic E-state index is 6.25. The molecule has 2 aliphatic heterocycles. The molecule has 1 spiro atoms. The van der Waals surface area contributed by atoms with E-state index in [1.54, 1.807) is 10.7 Å². The van der Waals surface area contributed by atoms with Crippen molar-refractivity contribution in [3.8, 4) is 5.69 Å². The molecule has 2 aliphatic rings. The van der Waals surface area contributed by atoms with Crippen LogP contribution in [0.4, 0.5) is 0 Å². The van der Waals surface area contributed by atoms with Gasteiger partial charge in [-0.05, 0) is 62.5 Å². The van der Waals surface area contributed by atoms with Gasteiger partial charge in [0, 0.05) is 18.1 Å². The molecular formula is C17H21Cl2N5. The Balaban J connectivity index is 1.44. The van der Waals surface area contributed by atoms with Gasteiger partial charge in [-0.15, -0.1) is 5.10 Å². The number of halogens is 2. The van der Waals surface area contributed by atoms with Crippen molar-refractivity contribution in [2.24, 2.45) is 5.41 Å². The zero-order valence-corrected chi connectivity index (χ0v) is 15.0. The summed E-state index contributed by atoms with van der Waals surface area (Å²) >= 11 is 12.2. The van der Waals surface area contributed by atoms with Gasteiger partial charge in [-0.1, -0.05) is 28.4 Å². The van der Waals surface area contributed by atoms with Crippen molar-refractivity contribution < 1.29 is 0 Å². The monoisotopic (exact) mass is 365 g/mol. The van der Waals surface area contributed by atoms with Crippen LogP contribution in [-0.2, 0) is 6.54 Å². The predicted molar refractivity (Wildman–Crippen MR) is 95.8 cm³/mol. The average molecular weight is 366 g/mol. The minimum Gasteiger partial charge on any atom is -0.317 e. The summed E-state index contributed by atoms with van der Waals surface area (Å²) in [6.45, 7) is 5.47. The Morgan fingerprint density at radius 2 is 2.00 bits per heavy atom. The normalized spacial score (nSPS) is 20.8. The number of rotatable bonds is 3. The van der Waals surface area contributed by atoms with Crippen molar-refractivity contribution in [2.75, 3.05) is 26.2 Å². The fourth-order valence-electron chi connectivity index (χ4n) is 3.91. The Bertz CT molecular complexity index is 724. The Labute approximate surface area is 151 Å². The molecule has 0 amide bonds. The summed E-state index contributed by atoms with van der Waals surface area (Å²) in [7, 11) is 0. The first-order valence-electron chi connectivity index (χ1n) is 8.43. The van der Waals surface area contributed by atoms with Gasteiger partial charge in [0.2, 0.25) is 0 Å². The Hall–Kier alpha value is -1.14. The number of aromatic nitrogens is 3. The zero-order chi connectivity index (χ0) is 16.6. The van der Waals surface area contributed by atoms with Crippen LogP contribution in [-0.4, -0.2) is 46.1 Å². The van der Waals surface area contributed by atoms with Crippen LogP contribution in [0.2, 0.25) is 10.0 Å². The van der Waals surface area contributed by atoms with Crippen LogP contribution >= 0.6 is 23.2 Å². The fourth-order valence-corrected chi connectivity index (χ4v) is 4.41. The molecule has 0 atom stereocenters. The number of hydrogen-bond donors (Lipinski definition) is 1. The van der Waals surface area contributed by atoms with Crippen molar-refractivity contribution in [2.45, 2.75) is 25.8 Å². The van der Waals surface area contributed by atoms with Gasteiger partial charge in [-0.25, -0.2) is 4.68 Å². The quantitative estimate of drug-likeness (QED) is 0.907. The molecule has 0 bridgehead atoms. The topological polar surface area (TPSA) is 46.0 Å². The van der Waals surface area contributed by atoms with Crippen LogP contribution in [0.5, 0.6) is 0 Å². The van der Waals surface area contributed by atoms with E-state index in [9.17, 15) is 0 Å². The first-order chi connectivity index (χ1) is 11.6. The summed E-state index contributed by atoms with van der Waals surface area (Å²) < 4.78 is 1.73. The van der Waals surface area contributed by atoms with Crippen molar-refractivity contribution in [1.82, 2.24) is 25.2 Å². The molecule has 2 aromatic rings. The second-order valence-corrected chi connectivity index (χ2v) is 7.80. The van der Waals surface area contributed by atoms with Gasteiger partial charge in [0.25, 0.3) is 0 Å². The van der Waals surface area contributed by atoms with Crippen LogP contribution in [0.1, 0.15) is 25.0 Å². The van der Waals surface area contributed by atoms with Gasteiger partial charge in [0.1, 0.15) is 0 Å². The number of piperidine rings is 1. The van der Waals surface area contributed by atoms with E-state index in [-0.39, 0.29) is 0 Å². The number of likely N-dealkylation sites (tertiary alicyclic amines) is 1. The highest BCUT2D eigenvalue weighted by Crippen LogP contribution is 2.38. The van der Waals surface area contributed by atoms with Gasteiger partial charge < -0.3 is 5.32 Å². The highest BCUT2D eigenvalue weighted by molar-refractivity contribution is 6.35. The van der Waals surface area contributed by atoms with Crippen molar-refractivity contribution in [3.63, 3.8) is 0 Å². The third-order valence-corrected chi connectivity index (χ3v) is 5.80. The van der Waals surface area contributed by atoms with Gasteiger partial charge in [-0.3, -0.25) is 4.90 Å². The number of hydrogen-bond acceptors (Lipinski definition) is 4. The van der Waals surface area contributed by atoms with E-state index < -0.39 is 0 Å². The molecule has 0 aliphatic carbocycles. The number of nitrogens with zero attached hydrogens (tertiary/aromatic N) is 4. The lowest BCUT2D eigenvalue weighted by Crippen LogP contribution is -2.38. The van der Waals surface area contributed by atoms with Gasteiger partial charge in [0.05, 0.1) is 22.6 Å².